The first kappa shape index (κ1) is 24.5. The first-order chi connectivity index (χ1) is 15.7. The van der Waals surface area contributed by atoms with Crippen LogP contribution in [0.15, 0.2) is 12.2 Å². The Balaban J connectivity index is 1.61. The molecule has 5 aliphatic carbocycles. The van der Waals surface area contributed by atoms with Gasteiger partial charge in [0.1, 0.15) is 6.29 Å². The van der Waals surface area contributed by atoms with Gasteiger partial charge in [0.15, 0.2) is 0 Å². The number of carboxylic acid groups (broad SMARTS) is 1. The van der Waals surface area contributed by atoms with Crippen LogP contribution in [0.5, 0.6) is 0 Å². The van der Waals surface area contributed by atoms with Crippen molar-refractivity contribution in [3.8, 4) is 0 Å². The van der Waals surface area contributed by atoms with Crippen molar-refractivity contribution in [3.63, 3.8) is 0 Å². The second-order valence-electron chi connectivity index (χ2n) is 14.4. The minimum atomic E-state index is -0.602. The molecule has 34 heavy (non-hydrogen) atoms. The number of aliphatic hydroxyl groups excluding tert-OH is 1. The summed E-state index contributed by atoms with van der Waals surface area (Å²) < 4.78 is 0. The molecule has 0 aromatic rings. The largest absolute Gasteiger partial charge is 0.481 e. The van der Waals surface area contributed by atoms with Gasteiger partial charge in [0.25, 0.3) is 0 Å². The molecule has 5 rings (SSSR count). The van der Waals surface area contributed by atoms with Crippen molar-refractivity contribution in [2.75, 3.05) is 0 Å². The third kappa shape index (κ3) is 2.55. The van der Waals surface area contributed by atoms with Crippen molar-refractivity contribution in [1.29, 1.82) is 0 Å². The number of aldehydes is 1. The maximum atomic E-state index is 12.8. The van der Waals surface area contributed by atoms with Gasteiger partial charge in [-0.05, 0) is 110 Å². The fraction of sp³-hybridized carbons (Fsp3) is 0.867. The molecule has 0 saturated heterocycles. The molecule has 0 aromatic heterocycles. The van der Waals surface area contributed by atoms with Crippen molar-refractivity contribution < 1.29 is 19.8 Å². The van der Waals surface area contributed by atoms with Crippen molar-refractivity contribution >= 4 is 12.3 Å². The molecule has 11 atom stereocenters. The molecule has 5 aliphatic rings. The van der Waals surface area contributed by atoms with Crippen molar-refractivity contribution in [3.05, 3.63) is 12.2 Å². The van der Waals surface area contributed by atoms with Crippen LogP contribution in [0.3, 0.4) is 0 Å². The van der Waals surface area contributed by atoms with Gasteiger partial charge in [-0.3, -0.25) is 4.79 Å². The summed E-state index contributed by atoms with van der Waals surface area (Å²) in [5.41, 5.74) is 0.153. The molecule has 0 unspecified atom stereocenters. The van der Waals surface area contributed by atoms with Crippen molar-refractivity contribution in [2.24, 2.45) is 62.6 Å². The molecule has 0 spiro atoms. The molecule has 190 valence electrons. The Morgan fingerprint density at radius 1 is 0.912 bits per heavy atom. The molecule has 2 N–H and O–H groups in total. The molecule has 0 aromatic carbocycles. The van der Waals surface area contributed by atoms with E-state index >= 15 is 0 Å². The molecule has 5 fully saturated rings. The summed E-state index contributed by atoms with van der Waals surface area (Å²) in [7, 11) is 0. The van der Waals surface area contributed by atoms with E-state index in [-0.39, 0.29) is 33.5 Å². The van der Waals surface area contributed by atoms with Gasteiger partial charge in [-0.25, -0.2) is 0 Å². The van der Waals surface area contributed by atoms with Crippen molar-refractivity contribution in [1.82, 2.24) is 0 Å². The van der Waals surface area contributed by atoms with Gasteiger partial charge in [0.05, 0.1) is 11.5 Å². The highest BCUT2D eigenvalue weighted by Gasteiger charge is 2.74. The Morgan fingerprint density at radius 3 is 2.18 bits per heavy atom. The topological polar surface area (TPSA) is 74.6 Å². The zero-order chi connectivity index (χ0) is 25.1. The Morgan fingerprint density at radius 2 is 1.59 bits per heavy atom. The van der Waals surface area contributed by atoms with E-state index in [4.69, 9.17) is 0 Å². The molecular weight excluding hydrogens is 424 g/mol. The van der Waals surface area contributed by atoms with E-state index in [1.54, 1.807) is 0 Å². The Hall–Kier alpha value is -1.16. The average molecular weight is 471 g/mol. The predicted octanol–water partition coefficient (Wildman–Crippen LogP) is 6.12. The van der Waals surface area contributed by atoms with Gasteiger partial charge in [0, 0.05) is 5.92 Å². The number of aliphatic carboxylic acids is 1. The number of fused-ring (bicyclic) bond motifs is 7. The third-order valence-electron chi connectivity index (χ3n) is 13.5. The smallest absolute Gasteiger partial charge is 0.309 e. The van der Waals surface area contributed by atoms with Crippen LogP contribution in [-0.2, 0) is 9.59 Å². The molecular formula is C30H46O4. The standard InChI is InChI=1S/C30H46O4/c1-17(2)18-10-13-30(25(33)34)15-14-27(5)19(23(18)30)8-9-22-28(27,6)12-11-21-26(3,4)24(32)20(16-31)29(21,22)7/h16,18-24,32H,1,8-15H2,2-7H3,(H,33,34)/t18-,19+,20-,21+,22-,23+,24+,27-,28+,29+,30-/m1/s1. The van der Waals surface area contributed by atoms with E-state index < -0.39 is 17.5 Å². The van der Waals surface area contributed by atoms with Gasteiger partial charge in [-0.15, -0.1) is 0 Å². The maximum Gasteiger partial charge on any atom is 0.309 e. The van der Waals surface area contributed by atoms with Gasteiger partial charge in [0.2, 0.25) is 0 Å². The van der Waals surface area contributed by atoms with E-state index in [1.165, 1.54) is 0 Å². The lowest BCUT2D eigenvalue weighted by Crippen LogP contribution is -2.65. The minimum Gasteiger partial charge on any atom is -0.481 e. The fourth-order valence-electron chi connectivity index (χ4n) is 11.7. The van der Waals surface area contributed by atoms with E-state index in [0.29, 0.717) is 23.7 Å². The number of aliphatic hydroxyl groups is 1. The molecule has 0 radical (unpaired) electrons. The summed E-state index contributed by atoms with van der Waals surface area (Å²) in [5.74, 6) is 0.617. The van der Waals surface area contributed by atoms with E-state index in [1.807, 2.05) is 0 Å². The minimum absolute atomic E-state index is 0.0371. The van der Waals surface area contributed by atoms with Crippen LogP contribution in [0, 0.1) is 62.6 Å². The highest BCUT2D eigenvalue weighted by molar-refractivity contribution is 5.76. The quantitative estimate of drug-likeness (QED) is 0.385. The predicted molar refractivity (Wildman–Crippen MR) is 133 cm³/mol. The molecule has 5 saturated carbocycles. The first-order valence-corrected chi connectivity index (χ1v) is 13.8. The van der Waals surface area contributed by atoms with Crippen molar-refractivity contribution in [2.45, 2.75) is 99.0 Å². The highest BCUT2D eigenvalue weighted by Crippen LogP contribution is 2.78. The van der Waals surface area contributed by atoms with Gasteiger partial charge in [-0.1, -0.05) is 46.8 Å². The van der Waals surface area contributed by atoms with Crippen LogP contribution in [-0.4, -0.2) is 28.6 Å². The van der Waals surface area contributed by atoms with Crippen LogP contribution in [0.25, 0.3) is 0 Å². The molecule has 0 aliphatic heterocycles. The van der Waals surface area contributed by atoms with Crippen LogP contribution in [0.2, 0.25) is 0 Å². The lowest BCUT2D eigenvalue weighted by atomic mass is 9.34. The molecule has 0 bridgehead atoms. The third-order valence-corrected chi connectivity index (χ3v) is 13.5. The van der Waals surface area contributed by atoms with E-state index in [9.17, 15) is 19.8 Å². The molecule has 4 heteroatoms. The number of carbonyl (C=O) groups is 2. The highest BCUT2D eigenvalue weighted by atomic mass is 16.4. The number of allylic oxidation sites excluding steroid dienone is 1. The lowest BCUT2D eigenvalue weighted by Gasteiger charge is -2.70. The van der Waals surface area contributed by atoms with Gasteiger partial charge < -0.3 is 15.0 Å². The lowest BCUT2D eigenvalue weighted by molar-refractivity contribution is -0.225. The summed E-state index contributed by atoms with van der Waals surface area (Å²) in [6, 6.07) is 0. The SMILES string of the molecule is C=C(C)[C@H]1CC[C@@]2(C(=O)O)CC[C@]3(C)[C@@H](CC[C@H]4[C@@]5(C)[C@H](C=O)[C@H](O)C(C)(C)[C@@H]5CC[C@@]43C)[C@H]12. The number of hydrogen-bond donors (Lipinski definition) is 2. The summed E-state index contributed by atoms with van der Waals surface area (Å²) in [5, 5.41) is 21.8. The monoisotopic (exact) mass is 470 g/mol. The van der Waals surface area contributed by atoms with Crippen LogP contribution >= 0.6 is 0 Å². The van der Waals surface area contributed by atoms with Gasteiger partial charge >= 0.3 is 5.97 Å². The summed E-state index contributed by atoms with van der Waals surface area (Å²) >= 11 is 0. The van der Waals surface area contributed by atoms with Crippen LogP contribution < -0.4 is 0 Å². The first-order valence-electron chi connectivity index (χ1n) is 13.8. The normalized spacial score (nSPS) is 55.4. The molecule has 0 heterocycles. The zero-order valence-corrected chi connectivity index (χ0v) is 22.2. The van der Waals surface area contributed by atoms with Crippen LogP contribution in [0.4, 0.5) is 0 Å². The Bertz CT molecular complexity index is 923. The number of hydrogen-bond acceptors (Lipinski definition) is 3. The Labute approximate surface area is 206 Å². The zero-order valence-electron chi connectivity index (χ0n) is 22.2. The summed E-state index contributed by atoms with van der Waals surface area (Å²) in [6.45, 7) is 18.0. The number of rotatable bonds is 3. The van der Waals surface area contributed by atoms with Crippen LogP contribution in [0.1, 0.15) is 92.9 Å². The average Bonchev–Trinajstić information content (AvgIpc) is 3.22. The van der Waals surface area contributed by atoms with Gasteiger partial charge in [-0.2, -0.15) is 0 Å². The second kappa shape index (κ2) is 7.20. The maximum absolute atomic E-state index is 12.8. The number of carboxylic acids is 1. The summed E-state index contributed by atoms with van der Waals surface area (Å²) in [6.07, 6.45) is 8.13. The second-order valence-corrected chi connectivity index (χ2v) is 14.4. The number of carbonyl (C=O) groups excluding carboxylic acids is 1. The summed E-state index contributed by atoms with van der Waals surface area (Å²) in [4.78, 5) is 25.2. The van der Waals surface area contributed by atoms with E-state index in [0.717, 1.165) is 63.2 Å². The Kier molecular flexibility index (Phi) is 5.20. The fourth-order valence-corrected chi connectivity index (χ4v) is 11.7. The van der Waals surface area contributed by atoms with E-state index in [2.05, 4.69) is 48.1 Å². The molecule has 0 amide bonds. The molecule has 4 nitrogen and oxygen atoms in total.